The number of hydrogen-bond acceptors (Lipinski definition) is 8. The number of aliphatic hydroxyl groups is 2. The van der Waals surface area contributed by atoms with Crippen LogP contribution in [0, 0.1) is 0 Å². The molecule has 1 aliphatic rings. The molecule has 0 aliphatic carbocycles. The second-order valence-electron chi connectivity index (χ2n) is 4.37. The molecule has 4 atom stereocenters. The lowest BCUT2D eigenvalue weighted by Crippen LogP contribution is -2.36. The quantitative estimate of drug-likeness (QED) is 0.376. The highest BCUT2D eigenvalue weighted by Crippen LogP contribution is 2.38. The van der Waals surface area contributed by atoms with Crippen molar-refractivity contribution in [2.24, 2.45) is 0 Å². The Morgan fingerprint density at radius 2 is 2.14 bits per heavy atom. The van der Waals surface area contributed by atoms with Crippen LogP contribution in [-0.2, 0) is 21.1 Å². The standard InChI is InChI=1S/C9H14N3O7PS/c10-5-1-2-12(9(15)11-5)8-7(14)6(13)4(19-8)3-18-20(16,17)21/h1-2,4,6-8,13-14H,3H2,(H2,10,11,15)(H2,16,17,21)/t4-,6+,7+,8-/m1/s1. The summed E-state index contributed by atoms with van der Waals surface area (Å²) in [7, 11) is 0. The molecule has 21 heavy (non-hydrogen) atoms. The summed E-state index contributed by atoms with van der Waals surface area (Å²) in [6.45, 7) is -4.36. The minimum atomic E-state index is -3.91. The molecule has 0 saturated carbocycles. The topological polar surface area (TPSA) is 160 Å². The molecule has 118 valence electrons. The Morgan fingerprint density at radius 1 is 1.48 bits per heavy atom. The lowest BCUT2D eigenvalue weighted by molar-refractivity contribution is -0.0526. The van der Waals surface area contributed by atoms with Crippen LogP contribution in [0.15, 0.2) is 17.1 Å². The molecule has 2 heterocycles. The molecule has 0 bridgehead atoms. The van der Waals surface area contributed by atoms with Crippen LogP contribution in [0.5, 0.6) is 0 Å². The van der Waals surface area contributed by atoms with Crippen molar-refractivity contribution in [1.82, 2.24) is 9.55 Å². The number of rotatable bonds is 4. The predicted octanol–water partition coefficient (Wildman–Crippen LogP) is -2.33. The Kier molecular flexibility index (Phi) is 4.76. The highest BCUT2D eigenvalue weighted by atomic mass is 32.5. The van der Waals surface area contributed by atoms with E-state index < -0.39 is 43.6 Å². The number of nitrogens with zero attached hydrogens (tertiary/aromatic N) is 2. The number of hydrogen-bond donors (Lipinski definition) is 5. The van der Waals surface area contributed by atoms with Gasteiger partial charge in [0, 0.05) is 6.20 Å². The van der Waals surface area contributed by atoms with Gasteiger partial charge in [0.15, 0.2) is 6.23 Å². The van der Waals surface area contributed by atoms with Gasteiger partial charge < -0.3 is 35.0 Å². The Balaban J connectivity index is 2.16. The summed E-state index contributed by atoms with van der Waals surface area (Å²) in [6.07, 6.45) is -3.87. The fraction of sp³-hybridized carbons (Fsp3) is 0.556. The van der Waals surface area contributed by atoms with Gasteiger partial charge in [-0.05, 0) is 17.9 Å². The normalized spacial score (nSPS) is 29.7. The molecule has 1 fully saturated rings. The lowest BCUT2D eigenvalue weighted by atomic mass is 10.1. The van der Waals surface area contributed by atoms with E-state index in [9.17, 15) is 15.0 Å². The summed E-state index contributed by atoms with van der Waals surface area (Å²) in [5.74, 6) is 0.00502. The second-order valence-corrected chi connectivity index (χ2v) is 7.04. The van der Waals surface area contributed by atoms with Crippen molar-refractivity contribution in [3.63, 3.8) is 0 Å². The summed E-state index contributed by atoms with van der Waals surface area (Å²) in [5.41, 5.74) is 4.59. The van der Waals surface area contributed by atoms with Gasteiger partial charge >= 0.3 is 12.4 Å². The third-order valence-corrected chi connectivity index (χ3v) is 3.67. The first kappa shape index (κ1) is 16.5. The minimum absolute atomic E-state index is 0.00502. The number of anilines is 1. The van der Waals surface area contributed by atoms with Crippen LogP contribution < -0.4 is 11.4 Å². The van der Waals surface area contributed by atoms with Crippen LogP contribution in [-0.4, -0.2) is 54.5 Å². The third kappa shape index (κ3) is 3.84. The van der Waals surface area contributed by atoms with Gasteiger partial charge in [0.25, 0.3) is 0 Å². The van der Waals surface area contributed by atoms with Gasteiger partial charge in [-0.2, -0.15) is 4.98 Å². The fourth-order valence-electron chi connectivity index (χ4n) is 1.89. The number of nitrogen functional groups attached to an aromatic ring is 1. The summed E-state index contributed by atoms with van der Waals surface area (Å²) in [6, 6.07) is 1.33. The van der Waals surface area contributed by atoms with Crippen LogP contribution in [0.25, 0.3) is 0 Å². The molecule has 6 N–H and O–H groups in total. The molecule has 0 spiro atoms. The summed E-state index contributed by atoms with van der Waals surface area (Å²) >= 11 is 4.27. The van der Waals surface area contributed by atoms with Gasteiger partial charge in [-0.25, -0.2) is 4.79 Å². The van der Waals surface area contributed by atoms with E-state index in [1.165, 1.54) is 12.3 Å². The zero-order valence-corrected chi connectivity index (χ0v) is 12.2. The van der Waals surface area contributed by atoms with Crippen LogP contribution in [0.4, 0.5) is 5.82 Å². The van der Waals surface area contributed by atoms with Crippen molar-refractivity contribution in [3.8, 4) is 0 Å². The molecule has 1 saturated heterocycles. The molecule has 0 aromatic carbocycles. The molecule has 0 radical (unpaired) electrons. The van der Waals surface area contributed by atoms with E-state index in [1.54, 1.807) is 0 Å². The third-order valence-electron chi connectivity index (χ3n) is 2.87. The van der Waals surface area contributed by atoms with Gasteiger partial charge in [0.2, 0.25) is 0 Å². The SMILES string of the molecule is Nc1ccn([C@@H]2O[C@H](COP(O)(O)=S)[C@H](O)[C@@H]2O)c(=O)n1. The molecule has 1 aliphatic heterocycles. The van der Waals surface area contributed by atoms with E-state index in [0.717, 1.165) is 4.57 Å². The zero-order valence-electron chi connectivity index (χ0n) is 10.5. The Morgan fingerprint density at radius 3 is 2.71 bits per heavy atom. The van der Waals surface area contributed by atoms with Crippen molar-refractivity contribution in [3.05, 3.63) is 22.7 Å². The Bertz CT molecular complexity index is 620. The minimum Gasteiger partial charge on any atom is -0.387 e. The van der Waals surface area contributed by atoms with E-state index in [0.29, 0.717) is 0 Å². The maximum Gasteiger partial charge on any atom is 0.351 e. The maximum absolute atomic E-state index is 11.7. The maximum atomic E-state index is 11.7. The second kappa shape index (κ2) is 6.07. The molecule has 1 aromatic rings. The average Bonchev–Trinajstić information content (AvgIpc) is 2.64. The van der Waals surface area contributed by atoms with Crippen LogP contribution in [0.3, 0.4) is 0 Å². The largest absolute Gasteiger partial charge is 0.387 e. The van der Waals surface area contributed by atoms with Gasteiger partial charge in [-0.3, -0.25) is 4.57 Å². The van der Waals surface area contributed by atoms with E-state index >= 15 is 0 Å². The van der Waals surface area contributed by atoms with E-state index in [2.05, 4.69) is 21.3 Å². The molecule has 0 unspecified atom stereocenters. The molecule has 10 nitrogen and oxygen atoms in total. The zero-order chi connectivity index (χ0) is 15.8. The number of nitrogens with two attached hydrogens (primary N) is 1. The van der Waals surface area contributed by atoms with Gasteiger partial charge in [-0.1, -0.05) is 0 Å². The number of ether oxygens (including phenoxy) is 1. The van der Waals surface area contributed by atoms with Gasteiger partial charge in [0.1, 0.15) is 24.1 Å². The van der Waals surface area contributed by atoms with Crippen molar-refractivity contribution < 1.29 is 29.3 Å². The lowest BCUT2D eigenvalue weighted by Gasteiger charge is -2.17. The Hall–Kier alpha value is -0.910. The van der Waals surface area contributed by atoms with Gasteiger partial charge in [-0.15, -0.1) is 0 Å². The Labute approximate surface area is 123 Å². The average molecular weight is 339 g/mol. The highest BCUT2D eigenvalue weighted by Gasteiger charge is 2.44. The van der Waals surface area contributed by atoms with Gasteiger partial charge in [0.05, 0.1) is 6.61 Å². The monoisotopic (exact) mass is 339 g/mol. The first-order valence-electron chi connectivity index (χ1n) is 5.75. The molecule has 0 amide bonds. The first-order valence-corrected chi connectivity index (χ1v) is 8.38. The molecule has 2 rings (SSSR count). The predicted molar refractivity (Wildman–Crippen MR) is 73.5 cm³/mol. The van der Waals surface area contributed by atoms with Crippen molar-refractivity contribution in [1.29, 1.82) is 0 Å². The highest BCUT2D eigenvalue weighted by molar-refractivity contribution is 8.06. The van der Waals surface area contributed by atoms with E-state index in [4.69, 9.17) is 20.3 Å². The summed E-state index contributed by atoms with van der Waals surface area (Å²) < 4.78 is 10.8. The number of aromatic nitrogens is 2. The first-order chi connectivity index (χ1) is 9.69. The van der Waals surface area contributed by atoms with Crippen molar-refractivity contribution >= 4 is 24.3 Å². The number of aliphatic hydroxyl groups excluding tert-OH is 2. The molecule has 12 heteroatoms. The van der Waals surface area contributed by atoms with Crippen molar-refractivity contribution in [2.45, 2.75) is 24.5 Å². The van der Waals surface area contributed by atoms with E-state index in [1.807, 2.05) is 0 Å². The molecule has 1 aromatic heterocycles. The smallest absolute Gasteiger partial charge is 0.351 e. The summed E-state index contributed by atoms with van der Waals surface area (Å²) in [4.78, 5) is 33.1. The van der Waals surface area contributed by atoms with Crippen LogP contribution in [0.2, 0.25) is 0 Å². The molecular weight excluding hydrogens is 325 g/mol. The van der Waals surface area contributed by atoms with Crippen LogP contribution in [0.1, 0.15) is 6.23 Å². The molecular formula is C9H14N3O7PS. The van der Waals surface area contributed by atoms with Crippen molar-refractivity contribution in [2.75, 3.05) is 12.3 Å². The van der Waals surface area contributed by atoms with Crippen LogP contribution >= 0.6 is 6.72 Å². The fourth-order valence-corrected chi connectivity index (χ4v) is 2.41. The summed E-state index contributed by atoms with van der Waals surface area (Å²) in [5, 5.41) is 19.7. The van der Waals surface area contributed by atoms with E-state index in [-0.39, 0.29) is 5.82 Å².